The van der Waals surface area contributed by atoms with Gasteiger partial charge in [-0.15, -0.1) is 10.2 Å². The van der Waals surface area contributed by atoms with Crippen molar-refractivity contribution in [3.8, 4) is 0 Å². The van der Waals surface area contributed by atoms with E-state index in [1.54, 1.807) is 0 Å². The van der Waals surface area contributed by atoms with Crippen LogP contribution < -0.4 is 10.6 Å². The van der Waals surface area contributed by atoms with Crippen molar-refractivity contribution in [1.82, 2.24) is 10.2 Å². The summed E-state index contributed by atoms with van der Waals surface area (Å²) in [5, 5.41) is 7.76. The molecule has 0 aliphatic heterocycles. The molecule has 1 aromatic rings. The third-order valence-electron chi connectivity index (χ3n) is 1.38. The monoisotopic (exact) mass is 208 g/mol. The molecule has 1 aromatic heterocycles. The Bertz CT molecular complexity index is 229. The molecule has 0 fully saturated rings. The second kappa shape index (κ2) is 5.03. The predicted molar refractivity (Wildman–Crippen MR) is 47.2 cm³/mol. The van der Waals surface area contributed by atoms with Crippen molar-refractivity contribution >= 4 is 16.5 Å². The summed E-state index contributed by atoms with van der Waals surface area (Å²) in [5.41, 5.74) is 6.79. The van der Waals surface area contributed by atoms with Crippen LogP contribution in [0, 0.1) is 0 Å². The number of alkyl halides is 2. The van der Waals surface area contributed by atoms with E-state index in [1.165, 1.54) is 21.7 Å². The van der Waals surface area contributed by atoms with Gasteiger partial charge in [0.15, 0.2) is 0 Å². The van der Waals surface area contributed by atoms with Crippen molar-refractivity contribution in [2.24, 2.45) is 5.73 Å². The summed E-state index contributed by atoms with van der Waals surface area (Å²) in [6.07, 6.45) is -2.38. The summed E-state index contributed by atoms with van der Waals surface area (Å²) in [6, 6.07) is 0. The maximum Gasteiger partial charge on any atom is 0.255 e. The van der Waals surface area contributed by atoms with Gasteiger partial charge in [0.25, 0.3) is 6.43 Å². The zero-order valence-corrected chi connectivity index (χ0v) is 7.68. The van der Waals surface area contributed by atoms with Crippen LogP contribution in [0.3, 0.4) is 0 Å². The van der Waals surface area contributed by atoms with E-state index in [4.69, 9.17) is 5.73 Å². The second-order valence-electron chi connectivity index (χ2n) is 2.35. The van der Waals surface area contributed by atoms with E-state index in [0.29, 0.717) is 18.2 Å². The molecular formula is C6H10F2N4S. The number of halogens is 2. The molecular weight excluding hydrogens is 198 g/mol. The van der Waals surface area contributed by atoms with Crippen molar-refractivity contribution in [3.05, 3.63) is 5.51 Å². The Morgan fingerprint density at radius 1 is 1.62 bits per heavy atom. The van der Waals surface area contributed by atoms with Gasteiger partial charge in [0.1, 0.15) is 5.51 Å². The van der Waals surface area contributed by atoms with E-state index in [1.807, 2.05) is 0 Å². The fourth-order valence-corrected chi connectivity index (χ4v) is 1.49. The minimum absolute atomic E-state index is 0.326. The van der Waals surface area contributed by atoms with Gasteiger partial charge in [0.2, 0.25) is 5.13 Å². The zero-order chi connectivity index (χ0) is 9.68. The highest BCUT2D eigenvalue weighted by Crippen LogP contribution is 2.15. The second-order valence-corrected chi connectivity index (χ2v) is 3.16. The van der Waals surface area contributed by atoms with Crippen LogP contribution in [0.4, 0.5) is 13.9 Å². The SMILES string of the molecule is NCCN(CC(F)F)c1nncs1. The fraction of sp³-hybridized carbons (Fsp3) is 0.667. The lowest BCUT2D eigenvalue weighted by Gasteiger charge is -2.19. The molecule has 4 nitrogen and oxygen atoms in total. The van der Waals surface area contributed by atoms with Crippen LogP contribution >= 0.6 is 11.3 Å². The van der Waals surface area contributed by atoms with Gasteiger partial charge in [-0.3, -0.25) is 0 Å². The highest BCUT2D eigenvalue weighted by molar-refractivity contribution is 7.13. The highest BCUT2D eigenvalue weighted by atomic mass is 32.1. The molecule has 0 saturated carbocycles. The molecule has 0 radical (unpaired) electrons. The summed E-state index contributed by atoms with van der Waals surface area (Å²) in [5.74, 6) is 0. The molecule has 1 rings (SSSR count). The standard InChI is InChI=1S/C6H10F2N4S/c7-5(8)3-12(2-1-9)6-11-10-4-13-6/h4-5H,1-3,9H2. The van der Waals surface area contributed by atoms with Gasteiger partial charge in [0.05, 0.1) is 6.54 Å². The molecule has 74 valence electrons. The van der Waals surface area contributed by atoms with Crippen molar-refractivity contribution in [2.75, 3.05) is 24.5 Å². The van der Waals surface area contributed by atoms with Gasteiger partial charge in [0, 0.05) is 13.1 Å². The molecule has 0 aromatic carbocycles. The maximum absolute atomic E-state index is 12.1. The molecule has 0 unspecified atom stereocenters. The van der Waals surface area contributed by atoms with Crippen LogP contribution in [0.2, 0.25) is 0 Å². The molecule has 0 amide bonds. The van der Waals surface area contributed by atoms with Crippen LogP contribution in [0.15, 0.2) is 5.51 Å². The Hall–Kier alpha value is -0.820. The number of aromatic nitrogens is 2. The van der Waals surface area contributed by atoms with Gasteiger partial charge in [-0.1, -0.05) is 11.3 Å². The van der Waals surface area contributed by atoms with Crippen molar-refractivity contribution < 1.29 is 8.78 Å². The lowest BCUT2D eigenvalue weighted by atomic mass is 10.5. The van der Waals surface area contributed by atoms with Crippen LogP contribution in [-0.2, 0) is 0 Å². The van der Waals surface area contributed by atoms with E-state index in [0.717, 1.165) is 0 Å². The molecule has 7 heteroatoms. The van der Waals surface area contributed by atoms with Crippen LogP contribution in [-0.4, -0.2) is 36.3 Å². The Labute approximate surface area is 78.4 Å². The van der Waals surface area contributed by atoms with Crippen molar-refractivity contribution in [2.45, 2.75) is 6.43 Å². The largest absolute Gasteiger partial charge is 0.340 e. The smallest absolute Gasteiger partial charge is 0.255 e. The average Bonchev–Trinajstić information content (AvgIpc) is 2.54. The van der Waals surface area contributed by atoms with Crippen molar-refractivity contribution in [3.63, 3.8) is 0 Å². The molecule has 1 heterocycles. The van der Waals surface area contributed by atoms with Gasteiger partial charge in [-0.25, -0.2) is 8.78 Å². The molecule has 0 atom stereocenters. The molecule has 0 spiro atoms. The molecule has 0 saturated heterocycles. The lowest BCUT2D eigenvalue weighted by molar-refractivity contribution is 0.155. The first-order valence-electron chi connectivity index (χ1n) is 3.73. The van der Waals surface area contributed by atoms with E-state index in [-0.39, 0.29) is 6.54 Å². The summed E-state index contributed by atoms with van der Waals surface area (Å²) >= 11 is 1.23. The van der Waals surface area contributed by atoms with Crippen molar-refractivity contribution in [1.29, 1.82) is 0 Å². The average molecular weight is 208 g/mol. The minimum atomic E-state index is -2.38. The first kappa shape index (κ1) is 10.3. The van der Waals surface area contributed by atoms with E-state index in [2.05, 4.69) is 10.2 Å². The Morgan fingerprint density at radius 2 is 2.38 bits per heavy atom. The van der Waals surface area contributed by atoms with E-state index < -0.39 is 6.43 Å². The fourth-order valence-electron chi connectivity index (χ4n) is 0.892. The third-order valence-corrected chi connectivity index (χ3v) is 2.13. The Balaban J connectivity index is 2.57. The maximum atomic E-state index is 12.1. The van der Waals surface area contributed by atoms with E-state index in [9.17, 15) is 8.78 Å². The number of hydrogen-bond donors (Lipinski definition) is 1. The first-order chi connectivity index (χ1) is 6.24. The minimum Gasteiger partial charge on any atom is -0.340 e. The number of hydrogen-bond acceptors (Lipinski definition) is 5. The third kappa shape index (κ3) is 3.19. The van der Waals surface area contributed by atoms with Gasteiger partial charge in [-0.2, -0.15) is 0 Å². The van der Waals surface area contributed by atoms with Gasteiger partial charge >= 0.3 is 0 Å². The molecule has 0 aliphatic carbocycles. The Morgan fingerprint density at radius 3 is 2.85 bits per heavy atom. The summed E-state index contributed by atoms with van der Waals surface area (Å²) < 4.78 is 24.1. The van der Waals surface area contributed by atoms with Gasteiger partial charge < -0.3 is 10.6 Å². The lowest BCUT2D eigenvalue weighted by Crippen LogP contribution is -2.33. The quantitative estimate of drug-likeness (QED) is 0.768. The molecule has 13 heavy (non-hydrogen) atoms. The van der Waals surface area contributed by atoms with Crippen LogP contribution in [0.1, 0.15) is 0 Å². The van der Waals surface area contributed by atoms with Crippen LogP contribution in [0.5, 0.6) is 0 Å². The molecule has 0 aliphatic rings. The topological polar surface area (TPSA) is 55.0 Å². The summed E-state index contributed by atoms with van der Waals surface area (Å²) in [4.78, 5) is 1.43. The number of nitrogens with two attached hydrogens (primary N) is 1. The van der Waals surface area contributed by atoms with Crippen LogP contribution in [0.25, 0.3) is 0 Å². The number of nitrogens with zero attached hydrogens (tertiary/aromatic N) is 3. The zero-order valence-electron chi connectivity index (χ0n) is 6.86. The van der Waals surface area contributed by atoms with Gasteiger partial charge in [-0.05, 0) is 0 Å². The summed E-state index contributed by atoms with van der Waals surface area (Å²) in [6.45, 7) is 0.359. The predicted octanol–water partition coefficient (Wildman–Crippen LogP) is 0.568. The highest BCUT2D eigenvalue weighted by Gasteiger charge is 2.14. The number of rotatable bonds is 5. The molecule has 2 N–H and O–H groups in total. The summed E-state index contributed by atoms with van der Waals surface area (Å²) in [7, 11) is 0. The van der Waals surface area contributed by atoms with E-state index >= 15 is 0 Å². The normalized spacial score (nSPS) is 10.8. The first-order valence-corrected chi connectivity index (χ1v) is 4.61. The molecule has 0 bridgehead atoms. The Kier molecular flexibility index (Phi) is 3.97. The number of anilines is 1.